The van der Waals surface area contributed by atoms with Crippen molar-refractivity contribution in [3.8, 4) is 0 Å². The van der Waals surface area contributed by atoms with Crippen molar-refractivity contribution in [2.75, 3.05) is 6.54 Å². The molecule has 0 rings (SSSR count). The van der Waals surface area contributed by atoms with Gasteiger partial charge in [-0.25, -0.2) is 0 Å². The number of hydrazone groups is 1. The fourth-order valence-electron chi connectivity index (χ4n) is 1.04. The van der Waals surface area contributed by atoms with Gasteiger partial charge in [0.1, 0.15) is 0 Å². The lowest BCUT2D eigenvalue weighted by Gasteiger charge is -2.20. The molecule has 2 heteroatoms. The first-order valence-corrected chi connectivity index (χ1v) is 4.93. The Hall–Kier alpha value is -0.790. The molecule has 0 aliphatic carbocycles. The standard InChI is InChI=1S/C11H22N2/c1-6-8-10(11(3,4)5)13-12-9-7-2/h7,12H,2,6,8-9H2,1,3-5H3/b13-10+. The van der Waals surface area contributed by atoms with E-state index in [9.17, 15) is 0 Å². The molecule has 2 nitrogen and oxygen atoms in total. The number of nitrogens with one attached hydrogen (secondary N) is 1. The number of rotatable bonds is 5. The normalized spacial score (nSPS) is 12.8. The van der Waals surface area contributed by atoms with E-state index in [1.807, 2.05) is 6.08 Å². The van der Waals surface area contributed by atoms with Gasteiger partial charge in [-0.2, -0.15) is 5.10 Å². The molecule has 76 valence electrons. The summed E-state index contributed by atoms with van der Waals surface area (Å²) in [6.07, 6.45) is 4.02. The molecule has 0 aromatic rings. The van der Waals surface area contributed by atoms with Crippen molar-refractivity contribution >= 4 is 5.71 Å². The highest BCUT2D eigenvalue weighted by molar-refractivity contribution is 5.89. The smallest absolute Gasteiger partial charge is 0.0507 e. The SMILES string of the molecule is C=CCN/N=C(\CCC)C(C)(C)C. The minimum absolute atomic E-state index is 0.171. The minimum atomic E-state index is 0.171. The van der Waals surface area contributed by atoms with Crippen LogP contribution in [0.1, 0.15) is 40.5 Å². The van der Waals surface area contributed by atoms with E-state index in [0.717, 1.165) is 19.4 Å². The predicted octanol–water partition coefficient (Wildman–Crippen LogP) is 2.96. The van der Waals surface area contributed by atoms with Gasteiger partial charge in [-0.1, -0.05) is 40.2 Å². The van der Waals surface area contributed by atoms with Crippen LogP contribution in [0.15, 0.2) is 17.8 Å². The third-order valence-corrected chi connectivity index (χ3v) is 1.80. The highest BCUT2D eigenvalue weighted by Gasteiger charge is 2.17. The third kappa shape index (κ3) is 5.45. The van der Waals surface area contributed by atoms with E-state index in [0.29, 0.717) is 0 Å². The van der Waals surface area contributed by atoms with Crippen molar-refractivity contribution in [2.24, 2.45) is 10.5 Å². The zero-order valence-electron chi connectivity index (χ0n) is 9.35. The summed E-state index contributed by atoms with van der Waals surface area (Å²) in [6, 6.07) is 0. The molecule has 0 aromatic heterocycles. The second-order valence-corrected chi connectivity index (χ2v) is 4.21. The van der Waals surface area contributed by atoms with Crippen LogP contribution in [0.5, 0.6) is 0 Å². The van der Waals surface area contributed by atoms with E-state index in [1.54, 1.807) is 0 Å². The first-order valence-electron chi connectivity index (χ1n) is 4.93. The van der Waals surface area contributed by atoms with Crippen LogP contribution in [0.2, 0.25) is 0 Å². The maximum absolute atomic E-state index is 4.37. The van der Waals surface area contributed by atoms with Gasteiger partial charge in [0.05, 0.1) is 6.54 Å². The Balaban J connectivity index is 4.23. The second-order valence-electron chi connectivity index (χ2n) is 4.21. The maximum Gasteiger partial charge on any atom is 0.0507 e. The van der Waals surface area contributed by atoms with E-state index in [2.05, 4.69) is 44.8 Å². The van der Waals surface area contributed by atoms with Gasteiger partial charge in [0.25, 0.3) is 0 Å². The Morgan fingerprint density at radius 3 is 2.46 bits per heavy atom. The van der Waals surface area contributed by atoms with Crippen molar-refractivity contribution in [2.45, 2.75) is 40.5 Å². The van der Waals surface area contributed by atoms with E-state index >= 15 is 0 Å². The van der Waals surface area contributed by atoms with Crippen LogP contribution >= 0.6 is 0 Å². The van der Waals surface area contributed by atoms with E-state index < -0.39 is 0 Å². The first kappa shape index (κ1) is 12.2. The summed E-state index contributed by atoms with van der Waals surface area (Å²) in [5.74, 6) is 0. The average Bonchev–Trinajstić information content (AvgIpc) is 2.01. The first-order chi connectivity index (χ1) is 6.02. The molecule has 0 fully saturated rings. The topological polar surface area (TPSA) is 24.4 Å². The molecule has 13 heavy (non-hydrogen) atoms. The molecule has 0 saturated carbocycles. The second kappa shape index (κ2) is 5.79. The highest BCUT2D eigenvalue weighted by Crippen LogP contribution is 2.18. The van der Waals surface area contributed by atoms with Crippen LogP contribution in [-0.4, -0.2) is 12.3 Å². The van der Waals surface area contributed by atoms with E-state index in [1.165, 1.54) is 5.71 Å². The molecule has 0 unspecified atom stereocenters. The number of nitrogens with zero attached hydrogens (tertiary/aromatic N) is 1. The monoisotopic (exact) mass is 182 g/mol. The van der Waals surface area contributed by atoms with Crippen LogP contribution in [0.3, 0.4) is 0 Å². The summed E-state index contributed by atoms with van der Waals surface area (Å²) < 4.78 is 0. The Morgan fingerprint density at radius 2 is 2.08 bits per heavy atom. The summed E-state index contributed by atoms with van der Waals surface area (Å²) >= 11 is 0. The van der Waals surface area contributed by atoms with Gasteiger partial charge in [-0.15, -0.1) is 6.58 Å². The number of hydrogen-bond acceptors (Lipinski definition) is 2. The summed E-state index contributed by atoms with van der Waals surface area (Å²) in [5, 5.41) is 4.37. The highest BCUT2D eigenvalue weighted by atomic mass is 15.3. The summed E-state index contributed by atoms with van der Waals surface area (Å²) in [4.78, 5) is 0. The zero-order chi connectivity index (χ0) is 10.3. The van der Waals surface area contributed by atoms with Gasteiger partial charge in [0.15, 0.2) is 0 Å². The molecule has 0 bridgehead atoms. The van der Waals surface area contributed by atoms with Crippen LogP contribution in [-0.2, 0) is 0 Å². The summed E-state index contributed by atoms with van der Waals surface area (Å²) in [6.45, 7) is 13.1. The molecule has 0 atom stereocenters. The van der Waals surface area contributed by atoms with Gasteiger partial charge in [0, 0.05) is 11.1 Å². The quantitative estimate of drug-likeness (QED) is 0.300. The Morgan fingerprint density at radius 1 is 1.46 bits per heavy atom. The largest absolute Gasteiger partial charge is 0.306 e. The van der Waals surface area contributed by atoms with Crippen molar-refractivity contribution in [3.63, 3.8) is 0 Å². The minimum Gasteiger partial charge on any atom is -0.306 e. The predicted molar refractivity (Wildman–Crippen MR) is 60.0 cm³/mol. The molecular formula is C11H22N2. The molecule has 0 spiro atoms. The lowest BCUT2D eigenvalue weighted by Crippen LogP contribution is -2.23. The van der Waals surface area contributed by atoms with Crippen molar-refractivity contribution in [3.05, 3.63) is 12.7 Å². The molecule has 0 saturated heterocycles. The zero-order valence-corrected chi connectivity index (χ0v) is 9.35. The fourth-order valence-corrected chi connectivity index (χ4v) is 1.04. The van der Waals surface area contributed by atoms with E-state index in [-0.39, 0.29) is 5.41 Å². The molecule has 0 heterocycles. The van der Waals surface area contributed by atoms with Gasteiger partial charge in [0.2, 0.25) is 0 Å². The van der Waals surface area contributed by atoms with Gasteiger partial charge < -0.3 is 5.43 Å². The van der Waals surface area contributed by atoms with Crippen LogP contribution < -0.4 is 5.43 Å². The molecular weight excluding hydrogens is 160 g/mol. The van der Waals surface area contributed by atoms with Crippen LogP contribution in [0, 0.1) is 5.41 Å². The third-order valence-electron chi connectivity index (χ3n) is 1.80. The Labute approximate surface area is 82.1 Å². The van der Waals surface area contributed by atoms with E-state index in [4.69, 9.17) is 0 Å². The lowest BCUT2D eigenvalue weighted by molar-refractivity contribution is 0.564. The lowest BCUT2D eigenvalue weighted by atomic mass is 9.87. The molecule has 0 radical (unpaired) electrons. The molecule has 0 amide bonds. The maximum atomic E-state index is 4.37. The number of hydrogen-bond donors (Lipinski definition) is 1. The van der Waals surface area contributed by atoms with Gasteiger partial charge in [-0.3, -0.25) is 0 Å². The average molecular weight is 182 g/mol. The molecule has 0 aromatic carbocycles. The van der Waals surface area contributed by atoms with Gasteiger partial charge in [-0.05, 0) is 6.42 Å². The Kier molecular flexibility index (Phi) is 5.44. The molecule has 0 aliphatic heterocycles. The van der Waals surface area contributed by atoms with Crippen LogP contribution in [0.25, 0.3) is 0 Å². The summed E-state index contributed by atoms with van der Waals surface area (Å²) in [5.41, 5.74) is 4.40. The van der Waals surface area contributed by atoms with Crippen LogP contribution in [0.4, 0.5) is 0 Å². The van der Waals surface area contributed by atoms with Crippen molar-refractivity contribution in [1.29, 1.82) is 0 Å². The summed E-state index contributed by atoms with van der Waals surface area (Å²) in [7, 11) is 0. The molecule has 1 N–H and O–H groups in total. The van der Waals surface area contributed by atoms with Crippen molar-refractivity contribution in [1.82, 2.24) is 5.43 Å². The fraction of sp³-hybridized carbons (Fsp3) is 0.727. The van der Waals surface area contributed by atoms with Gasteiger partial charge >= 0.3 is 0 Å². The Bertz CT molecular complexity index is 175. The van der Waals surface area contributed by atoms with Crippen molar-refractivity contribution < 1.29 is 0 Å². The molecule has 0 aliphatic rings.